The highest BCUT2D eigenvalue weighted by atomic mass is 35.5. The summed E-state index contributed by atoms with van der Waals surface area (Å²) in [6, 6.07) is 2.67. The van der Waals surface area contributed by atoms with Crippen LogP contribution in [0.15, 0.2) is 17.0 Å². The average Bonchev–Trinajstić information content (AvgIpc) is 2.53. The Morgan fingerprint density at radius 1 is 1.25 bits per heavy atom. The minimum Gasteiger partial charge on any atom is -0.495 e. The number of hydrogen-bond acceptors (Lipinski definition) is 5. The molecule has 2 unspecified atom stereocenters. The average molecular weight is 378 g/mol. The Morgan fingerprint density at radius 3 is 2.42 bits per heavy atom. The molecule has 1 heterocycles. The van der Waals surface area contributed by atoms with E-state index >= 15 is 0 Å². The number of sulfonamides is 1. The molecule has 1 aliphatic rings. The molecule has 9 heteroatoms. The second kappa shape index (κ2) is 7.16. The number of methoxy groups -OCH3 is 2. The quantitative estimate of drug-likeness (QED) is 0.844. The Balaban J connectivity index is 2.46. The maximum atomic E-state index is 13.0. The van der Waals surface area contributed by atoms with E-state index in [-0.39, 0.29) is 34.7 Å². The molecule has 2 atom stereocenters. The lowest BCUT2D eigenvalue weighted by atomic mass is 9.92. The van der Waals surface area contributed by atoms with Crippen molar-refractivity contribution < 1.29 is 27.8 Å². The van der Waals surface area contributed by atoms with Crippen LogP contribution < -0.4 is 9.47 Å². The summed E-state index contributed by atoms with van der Waals surface area (Å²) in [6.45, 7) is 2.00. The van der Waals surface area contributed by atoms with Crippen molar-refractivity contribution in [1.29, 1.82) is 0 Å². The van der Waals surface area contributed by atoms with Crippen LogP contribution in [0.5, 0.6) is 11.5 Å². The summed E-state index contributed by atoms with van der Waals surface area (Å²) in [5.74, 6) is -1.40. The van der Waals surface area contributed by atoms with Gasteiger partial charge in [0.1, 0.15) is 16.4 Å². The fourth-order valence-corrected chi connectivity index (χ4v) is 4.92. The molecule has 1 saturated heterocycles. The van der Waals surface area contributed by atoms with Crippen LogP contribution in [0, 0.1) is 11.8 Å². The first-order valence-corrected chi connectivity index (χ1v) is 9.17. The maximum Gasteiger partial charge on any atom is 0.307 e. The van der Waals surface area contributed by atoms with Crippen LogP contribution >= 0.6 is 11.6 Å². The highest BCUT2D eigenvalue weighted by Gasteiger charge is 2.37. The molecule has 2 rings (SSSR count). The lowest BCUT2D eigenvalue weighted by Gasteiger charge is -2.34. The topological polar surface area (TPSA) is 93.1 Å². The number of benzene rings is 1. The summed E-state index contributed by atoms with van der Waals surface area (Å²) >= 11 is 6.05. The van der Waals surface area contributed by atoms with E-state index in [1.165, 1.54) is 30.7 Å². The van der Waals surface area contributed by atoms with Crippen molar-refractivity contribution in [2.75, 3.05) is 27.3 Å². The van der Waals surface area contributed by atoms with Gasteiger partial charge < -0.3 is 14.6 Å². The summed E-state index contributed by atoms with van der Waals surface area (Å²) in [6.07, 6.45) is 0.446. The van der Waals surface area contributed by atoms with Crippen LogP contribution in [0.25, 0.3) is 0 Å². The van der Waals surface area contributed by atoms with Gasteiger partial charge in [0, 0.05) is 19.2 Å². The molecule has 0 aliphatic carbocycles. The number of aliphatic carboxylic acids is 1. The number of hydrogen-bond donors (Lipinski definition) is 1. The Bertz CT molecular complexity index is 736. The standard InChI is InChI=1S/C15H20ClNO6S/c1-9-4-10(15(18)19)8-17(7-9)24(20,21)14-5-11(16)12(22-2)6-13(14)23-3/h5-6,9-10H,4,7-8H2,1-3H3,(H,18,19). The monoisotopic (exact) mass is 377 g/mol. The first-order chi connectivity index (χ1) is 11.2. The summed E-state index contributed by atoms with van der Waals surface area (Å²) in [5, 5.41) is 9.38. The number of ether oxygens (including phenoxy) is 2. The van der Waals surface area contributed by atoms with Gasteiger partial charge in [-0.1, -0.05) is 18.5 Å². The predicted molar refractivity (Wildman–Crippen MR) is 88.2 cm³/mol. The Morgan fingerprint density at radius 2 is 1.88 bits per heavy atom. The number of carboxylic acid groups (broad SMARTS) is 1. The zero-order valence-corrected chi connectivity index (χ0v) is 15.2. The van der Waals surface area contributed by atoms with E-state index in [1.807, 2.05) is 6.92 Å². The van der Waals surface area contributed by atoms with E-state index in [2.05, 4.69) is 0 Å². The number of piperidine rings is 1. The van der Waals surface area contributed by atoms with Gasteiger partial charge in [0.15, 0.2) is 0 Å². The highest BCUT2D eigenvalue weighted by molar-refractivity contribution is 7.89. The first kappa shape index (κ1) is 18.8. The molecule has 7 nitrogen and oxygen atoms in total. The lowest BCUT2D eigenvalue weighted by molar-refractivity contribution is -0.143. The molecular formula is C15H20ClNO6S. The van der Waals surface area contributed by atoms with Gasteiger partial charge in [0.25, 0.3) is 0 Å². The van der Waals surface area contributed by atoms with E-state index in [0.717, 1.165) is 0 Å². The Kier molecular flexibility index (Phi) is 5.62. The van der Waals surface area contributed by atoms with Crippen LogP contribution in [0.2, 0.25) is 5.02 Å². The van der Waals surface area contributed by atoms with Gasteiger partial charge in [0.05, 0.1) is 25.2 Å². The molecule has 0 amide bonds. The summed E-state index contributed by atoms with van der Waals surface area (Å²) in [7, 11) is -1.18. The van der Waals surface area contributed by atoms with E-state index in [0.29, 0.717) is 12.2 Å². The second-order valence-corrected chi connectivity index (χ2v) is 8.15. The lowest BCUT2D eigenvalue weighted by Crippen LogP contribution is -2.45. The molecule has 1 N–H and O–H groups in total. The summed E-state index contributed by atoms with van der Waals surface area (Å²) < 4.78 is 37.4. The smallest absolute Gasteiger partial charge is 0.307 e. The van der Waals surface area contributed by atoms with Crippen molar-refractivity contribution in [3.8, 4) is 11.5 Å². The van der Waals surface area contributed by atoms with Crippen molar-refractivity contribution in [3.05, 3.63) is 17.2 Å². The maximum absolute atomic E-state index is 13.0. The molecule has 1 aliphatic heterocycles. The molecule has 134 valence electrons. The van der Waals surface area contributed by atoms with Crippen LogP contribution in [0.3, 0.4) is 0 Å². The van der Waals surface area contributed by atoms with Gasteiger partial charge >= 0.3 is 5.97 Å². The van der Waals surface area contributed by atoms with Crippen molar-refractivity contribution in [1.82, 2.24) is 4.31 Å². The van der Waals surface area contributed by atoms with Gasteiger partial charge in [-0.3, -0.25) is 4.79 Å². The second-order valence-electron chi connectivity index (χ2n) is 5.84. The third kappa shape index (κ3) is 3.60. The van der Waals surface area contributed by atoms with E-state index in [9.17, 15) is 18.3 Å². The molecule has 0 bridgehead atoms. The summed E-state index contributed by atoms with van der Waals surface area (Å²) in [5.41, 5.74) is 0. The van der Waals surface area contributed by atoms with E-state index in [1.54, 1.807) is 0 Å². The Labute approximate surface area is 146 Å². The normalized spacial score (nSPS) is 22.2. The minimum absolute atomic E-state index is 0.0608. The highest BCUT2D eigenvalue weighted by Crippen LogP contribution is 2.37. The van der Waals surface area contributed by atoms with Gasteiger partial charge in [-0.15, -0.1) is 0 Å². The zero-order valence-electron chi connectivity index (χ0n) is 13.7. The van der Waals surface area contributed by atoms with Crippen molar-refractivity contribution in [2.24, 2.45) is 11.8 Å². The van der Waals surface area contributed by atoms with Gasteiger partial charge in [-0.2, -0.15) is 4.31 Å². The molecule has 1 aromatic rings. The Hall–Kier alpha value is -1.51. The first-order valence-electron chi connectivity index (χ1n) is 7.35. The number of carboxylic acids is 1. The van der Waals surface area contributed by atoms with Crippen molar-refractivity contribution >= 4 is 27.6 Å². The fourth-order valence-electron chi connectivity index (χ4n) is 2.85. The number of halogens is 1. The SMILES string of the molecule is COc1cc(OC)c(S(=O)(=O)N2CC(C)CC(C(=O)O)C2)cc1Cl. The molecule has 1 aromatic carbocycles. The molecule has 1 fully saturated rings. The van der Waals surface area contributed by atoms with Crippen LogP contribution in [0.1, 0.15) is 13.3 Å². The number of rotatable bonds is 5. The fraction of sp³-hybridized carbons (Fsp3) is 0.533. The van der Waals surface area contributed by atoms with Gasteiger partial charge in [-0.05, 0) is 18.4 Å². The van der Waals surface area contributed by atoms with E-state index < -0.39 is 21.9 Å². The van der Waals surface area contributed by atoms with Crippen LogP contribution in [-0.4, -0.2) is 51.1 Å². The molecule has 0 radical (unpaired) electrons. The molecular weight excluding hydrogens is 358 g/mol. The zero-order chi connectivity index (χ0) is 18.1. The summed E-state index contributed by atoms with van der Waals surface area (Å²) in [4.78, 5) is 11.2. The van der Waals surface area contributed by atoms with Gasteiger partial charge in [-0.25, -0.2) is 8.42 Å². The third-order valence-corrected chi connectivity index (χ3v) is 6.18. The van der Waals surface area contributed by atoms with Crippen molar-refractivity contribution in [3.63, 3.8) is 0 Å². The molecule has 0 aromatic heterocycles. The molecule has 24 heavy (non-hydrogen) atoms. The van der Waals surface area contributed by atoms with Crippen LogP contribution in [0.4, 0.5) is 0 Å². The third-order valence-electron chi connectivity index (χ3n) is 4.03. The molecule has 0 spiro atoms. The molecule has 0 saturated carbocycles. The minimum atomic E-state index is -3.95. The number of nitrogens with zero attached hydrogens (tertiary/aromatic N) is 1. The van der Waals surface area contributed by atoms with Crippen molar-refractivity contribution in [2.45, 2.75) is 18.2 Å². The largest absolute Gasteiger partial charge is 0.495 e. The van der Waals surface area contributed by atoms with E-state index in [4.69, 9.17) is 21.1 Å². The van der Waals surface area contributed by atoms with Gasteiger partial charge in [0.2, 0.25) is 10.0 Å². The van der Waals surface area contributed by atoms with Crippen LogP contribution in [-0.2, 0) is 14.8 Å². The number of carbonyl (C=O) groups is 1. The predicted octanol–water partition coefficient (Wildman–Crippen LogP) is 2.09.